The van der Waals surface area contributed by atoms with Crippen molar-refractivity contribution in [3.63, 3.8) is 0 Å². The molecule has 5 heteroatoms. The van der Waals surface area contributed by atoms with Gasteiger partial charge in [0.2, 0.25) is 0 Å². The predicted octanol–water partition coefficient (Wildman–Crippen LogP) is 2.12. The summed E-state index contributed by atoms with van der Waals surface area (Å²) in [6, 6.07) is 6.58. The Morgan fingerprint density at radius 2 is 1.95 bits per heavy atom. The molecule has 110 valence electrons. The van der Waals surface area contributed by atoms with Gasteiger partial charge < -0.3 is 15.8 Å². The number of rotatable bonds is 6. The Bertz CT molecular complexity index is 470. The fourth-order valence-electron chi connectivity index (χ4n) is 1.76. The lowest BCUT2D eigenvalue weighted by Gasteiger charge is -2.18. The second-order valence-corrected chi connectivity index (χ2v) is 4.70. The molecule has 5 nitrogen and oxygen atoms in total. The maximum absolute atomic E-state index is 11.9. The van der Waals surface area contributed by atoms with Crippen molar-refractivity contribution < 1.29 is 14.3 Å². The van der Waals surface area contributed by atoms with Gasteiger partial charge in [-0.25, -0.2) is 4.79 Å². The van der Waals surface area contributed by atoms with Gasteiger partial charge in [-0.2, -0.15) is 0 Å². The van der Waals surface area contributed by atoms with E-state index in [2.05, 4.69) is 5.32 Å². The number of ether oxygens (including phenoxy) is 1. The molecule has 0 radical (unpaired) electrons. The van der Waals surface area contributed by atoms with E-state index in [1.807, 2.05) is 13.8 Å². The van der Waals surface area contributed by atoms with E-state index in [0.29, 0.717) is 11.3 Å². The standard InChI is InChI=1S/C15H22N2O3/c1-4-13(5-2)17-14(18)10(3)20-15(19)11-7-6-8-12(16)9-11/h6-10,13H,4-5,16H2,1-3H3,(H,17,18). The second kappa shape index (κ2) is 7.53. The van der Waals surface area contributed by atoms with E-state index in [-0.39, 0.29) is 11.9 Å². The molecule has 1 unspecified atom stereocenters. The highest BCUT2D eigenvalue weighted by Crippen LogP contribution is 2.09. The number of nitrogens with two attached hydrogens (primary N) is 1. The van der Waals surface area contributed by atoms with Crippen LogP contribution in [-0.4, -0.2) is 24.0 Å². The summed E-state index contributed by atoms with van der Waals surface area (Å²) in [5, 5.41) is 2.84. The number of hydrogen-bond donors (Lipinski definition) is 2. The highest BCUT2D eigenvalue weighted by atomic mass is 16.5. The second-order valence-electron chi connectivity index (χ2n) is 4.70. The molecule has 0 heterocycles. The van der Waals surface area contributed by atoms with Gasteiger partial charge in [-0.05, 0) is 38.0 Å². The third-order valence-electron chi connectivity index (χ3n) is 3.11. The number of nitrogens with one attached hydrogen (secondary N) is 1. The lowest BCUT2D eigenvalue weighted by atomic mass is 10.1. The van der Waals surface area contributed by atoms with Gasteiger partial charge >= 0.3 is 5.97 Å². The van der Waals surface area contributed by atoms with Gasteiger partial charge in [0, 0.05) is 11.7 Å². The Hall–Kier alpha value is -2.04. The van der Waals surface area contributed by atoms with Crippen LogP contribution in [-0.2, 0) is 9.53 Å². The summed E-state index contributed by atoms with van der Waals surface area (Å²) < 4.78 is 5.14. The Morgan fingerprint density at radius 1 is 1.30 bits per heavy atom. The molecular formula is C15H22N2O3. The number of nitrogen functional groups attached to an aromatic ring is 1. The number of benzene rings is 1. The average Bonchev–Trinajstić information content (AvgIpc) is 2.44. The van der Waals surface area contributed by atoms with Crippen LogP contribution in [0, 0.1) is 0 Å². The molecular weight excluding hydrogens is 256 g/mol. The minimum Gasteiger partial charge on any atom is -0.449 e. The molecule has 1 amide bonds. The molecule has 0 spiro atoms. The zero-order valence-corrected chi connectivity index (χ0v) is 12.2. The summed E-state index contributed by atoms with van der Waals surface area (Å²) in [5.41, 5.74) is 6.42. The molecule has 0 aliphatic rings. The van der Waals surface area contributed by atoms with Gasteiger partial charge in [-0.3, -0.25) is 4.79 Å². The molecule has 0 bridgehead atoms. The summed E-state index contributed by atoms with van der Waals surface area (Å²) in [6.07, 6.45) is 0.862. The van der Waals surface area contributed by atoms with Crippen LogP contribution in [0.25, 0.3) is 0 Å². The maximum atomic E-state index is 11.9. The quantitative estimate of drug-likeness (QED) is 0.617. The molecule has 0 aromatic heterocycles. The number of hydrogen-bond acceptors (Lipinski definition) is 4. The van der Waals surface area contributed by atoms with Crippen LogP contribution in [0.15, 0.2) is 24.3 Å². The SMILES string of the molecule is CCC(CC)NC(=O)C(C)OC(=O)c1cccc(N)c1. The summed E-state index contributed by atoms with van der Waals surface area (Å²) in [4.78, 5) is 23.8. The van der Waals surface area contributed by atoms with Gasteiger partial charge in [0.05, 0.1) is 5.56 Å². The van der Waals surface area contributed by atoms with Crippen LogP contribution < -0.4 is 11.1 Å². The summed E-state index contributed by atoms with van der Waals surface area (Å²) in [7, 11) is 0. The predicted molar refractivity (Wildman–Crippen MR) is 78.2 cm³/mol. The van der Waals surface area contributed by atoms with Crippen molar-refractivity contribution in [1.29, 1.82) is 0 Å². The first-order chi connectivity index (χ1) is 9.47. The zero-order chi connectivity index (χ0) is 15.1. The van der Waals surface area contributed by atoms with Crippen molar-refractivity contribution in [3.8, 4) is 0 Å². The Morgan fingerprint density at radius 3 is 2.50 bits per heavy atom. The molecule has 3 N–H and O–H groups in total. The van der Waals surface area contributed by atoms with Crippen molar-refractivity contribution in [2.24, 2.45) is 0 Å². The van der Waals surface area contributed by atoms with Crippen LogP contribution in [0.1, 0.15) is 44.0 Å². The largest absolute Gasteiger partial charge is 0.449 e. The lowest BCUT2D eigenvalue weighted by molar-refractivity contribution is -0.129. The fraction of sp³-hybridized carbons (Fsp3) is 0.467. The van der Waals surface area contributed by atoms with E-state index >= 15 is 0 Å². The summed E-state index contributed by atoms with van der Waals surface area (Å²) >= 11 is 0. The molecule has 1 aromatic carbocycles. The molecule has 0 aliphatic carbocycles. The molecule has 1 atom stereocenters. The van der Waals surface area contributed by atoms with E-state index in [0.717, 1.165) is 12.8 Å². The van der Waals surface area contributed by atoms with Crippen LogP contribution in [0.2, 0.25) is 0 Å². The number of esters is 1. The first kappa shape index (κ1) is 16.0. The molecule has 20 heavy (non-hydrogen) atoms. The van der Waals surface area contributed by atoms with Crippen LogP contribution in [0.3, 0.4) is 0 Å². The van der Waals surface area contributed by atoms with Gasteiger partial charge in [-0.1, -0.05) is 19.9 Å². The Kier molecular flexibility index (Phi) is 6.03. The monoisotopic (exact) mass is 278 g/mol. The minimum absolute atomic E-state index is 0.107. The van der Waals surface area contributed by atoms with Crippen molar-refractivity contribution in [1.82, 2.24) is 5.32 Å². The fourth-order valence-corrected chi connectivity index (χ4v) is 1.76. The minimum atomic E-state index is -0.829. The van der Waals surface area contributed by atoms with Crippen LogP contribution >= 0.6 is 0 Å². The number of amides is 1. The van der Waals surface area contributed by atoms with Crippen LogP contribution in [0.4, 0.5) is 5.69 Å². The van der Waals surface area contributed by atoms with Crippen LogP contribution in [0.5, 0.6) is 0 Å². The zero-order valence-electron chi connectivity index (χ0n) is 12.2. The third-order valence-corrected chi connectivity index (χ3v) is 3.11. The van der Waals surface area contributed by atoms with Gasteiger partial charge in [0.1, 0.15) is 0 Å². The topological polar surface area (TPSA) is 81.4 Å². The Balaban J connectivity index is 2.59. The summed E-state index contributed by atoms with van der Waals surface area (Å²) in [5.74, 6) is -0.833. The summed E-state index contributed by atoms with van der Waals surface area (Å²) in [6.45, 7) is 5.55. The average molecular weight is 278 g/mol. The van der Waals surface area contributed by atoms with E-state index in [9.17, 15) is 9.59 Å². The highest BCUT2D eigenvalue weighted by Gasteiger charge is 2.20. The smallest absolute Gasteiger partial charge is 0.338 e. The van der Waals surface area contributed by atoms with Gasteiger partial charge in [-0.15, -0.1) is 0 Å². The van der Waals surface area contributed by atoms with E-state index in [1.165, 1.54) is 6.07 Å². The first-order valence-corrected chi connectivity index (χ1v) is 6.84. The van der Waals surface area contributed by atoms with E-state index < -0.39 is 12.1 Å². The molecule has 0 fully saturated rings. The molecule has 1 rings (SSSR count). The first-order valence-electron chi connectivity index (χ1n) is 6.84. The van der Waals surface area contributed by atoms with Crippen molar-refractivity contribution in [3.05, 3.63) is 29.8 Å². The van der Waals surface area contributed by atoms with Crippen molar-refractivity contribution in [2.75, 3.05) is 5.73 Å². The maximum Gasteiger partial charge on any atom is 0.338 e. The number of anilines is 1. The normalized spacial score (nSPS) is 12.0. The number of carbonyl (C=O) groups excluding carboxylic acids is 2. The molecule has 1 aromatic rings. The highest BCUT2D eigenvalue weighted by molar-refractivity contribution is 5.93. The van der Waals surface area contributed by atoms with Gasteiger partial charge in [0.25, 0.3) is 5.91 Å². The molecule has 0 aliphatic heterocycles. The third kappa shape index (κ3) is 4.57. The van der Waals surface area contributed by atoms with E-state index in [1.54, 1.807) is 25.1 Å². The van der Waals surface area contributed by atoms with Crippen molar-refractivity contribution >= 4 is 17.6 Å². The molecule has 0 saturated carbocycles. The van der Waals surface area contributed by atoms with Gasteiger partial charge in [0.15, 0.2) is 6.10 Å². The Labute approximate surface area is 119 Å². The number of carbonyl (C=O) groups is 2. The van der Waals surface area contributed by atoms with E-state index in [4.69, 9.17) is 10.5 Å². The molecule has 0 saturated heterocycles. The van der Waals surface area contributed by atoms with Crippen molar-refractivity contribution in [2.45, 2.75) is 45.8 Å². The lowest BCUT2D eigenvalue weighted by Crippen LogP contribution is -2.41.